The fraction of sp³-hybridized carbons (Fsp3) is 0.897. The highest BCUT2D eigenvalue weighted by molar-refractivity contribution is 5.25. The van der Waals surface area contributed by atoms with Crippen molar-refractivity contribution in [2.45, 2.75) is 274 Å². The summed E-state index contributed by atoms with van der Waals surface area (Å²) >= 11 is 0. The first-order chi connectivity index (χ1) is 28.2. The molecule has 0 aromatic rings. The third kappa shape index (κ3) is 16.8. The first-order valence-electron chi connectivity index (χ1n) is 27.2. The molecule has 0 saturated heterocycles. The van der Waals surface area contributed by atoms with Gasteiger partial charge in [-0.3, -0.25) is 0 Å². The Hall–Kier alpha value is -0.780. The van der Waals surface area contributed by atoms with E-state index in [1.165, 1.54) is 205 Å². The van der Waals surface area contributed by atoms with E-state index >= 15 is 0 Å². The number of fused-ring (bicyclic) bond motifs is 5. The van der Waals surface area contributed by atoms with E-state index in [0.717, 1.165) is 53.8 Å². The highest BCUT2D eigenvalue weighted by Crippen LogP contribution is 2.67. The Bertz CT molecular complexity index is 1110. The summed E-state index contributed by atoms with van der Waals surface area (Å²) in [7, 11) is 0. The molecule has 3 saturated carbocycles. The van der Waals surface area contributed by atoms with Gasteiger partial charge in [0.1, 0.15) is 0 Å². The highest BCUT2D eigenvalue weighted by atomic mass is 14.6. The number of hydrogen-bond donors (Lipinski definition) is 0. The molecule has 0 radical (unpaired) electrons. The molecule has 0 heteroatoms. The molecule has 0 heterocycles. The van der Waals surface area contributed by atoms with Crippen LogP contribution >= 0.6 is 0 Å². The summed E-state index contributed by atoms with van der Waals surface area (Å²) in [6, 6.07) is 0. The van der Waals surface area contributed by atoms with Crippen LogP contribution in [0.15, 0.2) is 36.0 Å². The van der Waals surface area contributed by atoms with E-state index in [2.05, 4.69) is 78.8 Å². The smallest absolute Gasteiger partial charge is 0.00851 e. The average Bonchev–Trinajstić information content (AvgIpc) is 3.58. The second-order valence-corrected chi connectivity index (χ2v) is 21.7. The predicted octanol–water partition coefficient (Wildman–Crippen LogP) is 20.0. The van der Waals surface area contributed by atoms with Gasteiger partial charge in [-0.1, -0.05) is 227 Å². The Balaban J connectivity index is 0.00000443. The number of hydrogen-bond acceptors (Lipinski definition) is 0. The maximum Gasteiger partial charge on any atom is -0.00851 e. The minimum absolute atomic E-state index is 0.527. The van der Waals surface area contributed by atoms with Crippen molar-refractivity contribution >= 4 is 0 Å². The minimum Gasteiger partial charge on any atom is -0.0882 e. The van der Waals surface area contributed by atoms with Crippen LogP contribution in [-0.2, 0) is 0 Å². The van der Waals surface area contributed by atoms with Crippen LogP contribution in [0.25, 0.3) is 0 Å². The molecule has 0 spiro atoms. The zero-order chi connectivity index (χ0) is 42.1. The summed E-state index contributed by atoms with van der Waals surface area (Å²) in [5, 5.41) is 0. The molecule has 0 nitrogen and oxygen atoms in total. The van der Waals surface area contributed by atoms with Crippen LogP contribution in [0.2, 0.25) is 0 Å². The van der Waals surface area contributed by atoms with Crippen molar-refractivity contribution in [2.24, 2.45) is 58.2 Å². The topological polar surface area (TPSA) is 0 Å². The van der Waals surface area contributed by atoms with E-state index in [0.29, 0.717) is 10.8 Å². The molecule has 0 aromatic carbocycles. The predicted molar refractivity (Wildman–Crippen MR) is 263 cm³/mol. The Kier molecular flexibility index (Phi) is 26.2. The van der Waals surface area contributed by atoms with Crippen LogP contribution in [-0.4, -0.2) is 0 Å². The zero-order valence-electron chi connectivity index (χ0n) is 41.3. The largest absolute Gasteiger partial charge is 0.0882 e. The molecule has 58 heavy (non-hydrogen) atoms. The summed E-state index contributed by atoms with van der Waals surface area (Å²) in [5.41, 5.74) is 3.08. The molecule has 9 unspecified atom stereocenters. The normalized spacial score (nSPS) is 29.2. The number of unbranched alkanes of at least 4 members (excludes halogenated alkanes) is 14. The number of allylic oxidation sites excluding steroid dienone is 6. The standard InChI is InChI=1S/C56H100.C2H6/c1-8-10-11-12-13-14-15-16-17-18-19-20-21-22-23-24-25-28-34-48(9-2)35-29-26-27-30-36-49-41-43-55(6)50(45-49)37-38-51-53-40-39-52(47(5)33-31-32-46(3)4)56(53,7)44-42-54(51)55;1-2/h13-14,16-17,37,46-49,51-54H,8-12,15,18-36,38-45H2,1-7H3;1-2H3/b14-13-,17-16-;. The van der Waals surface area contributed by atoms with Crippen molar-refractivity contribution in [3.8, 4) is 0 Å². The molecule has 9 atom stereocenters. The molecule has 4 aliphatic rings. The van der Waals surface area contributed by atoms with Gasteiger partial charge < -0.3 is 0 Å². The second-order valence-electron chi connectivity index (χ2n) is 21.7. The van der Waals surface area contributed by atoms with Gasteiger partial charge in [-0.15, -0.1) is 0 Å². The summed E-state index contributed by atoms with van der Waals surface area (Å²) < 4.78 is 0. The van der Waals surface area contributed by atoms with E-state index < -0.39 is 0 Å². The summed E-state index contributed by atoms with van der Waals surface area (Å²) in [6.45, 7) is 21.7. The van der Waals surface area contributed by atoms with Gasteiger partial charge in [0.15, 0.2) is 0 Å². The third-order valence-corrected chi connectivity index (χ3v) is 17.3. The van der Waals surface area contributed by atoms with Crippen molar-refractivity contribution in [1.82, 2.24) is 0 Å². The average molecular weight is 803 g/mol. The fourth-order valence-corrected chi connectivity index (χ4v) is 13.6. The molecule has 3 fully saturated rings. The van der Waals surface area contributed by atoms with Gasteiger partial charge in [-0.25, -0.2) is 0 Å². The lowest BCUT2D eigenvalue weighted by atomic mass is 9.46. The maximum atomic E-state index is 2.85. The van der Waals surface area contributed by atoms with Crippen LogP contribution in [0.4, 0.5) is 0 Å². The van der Waals surface area contributed by atoms with E-state index in [-0.39, 0.29) is 0 Å². The monoisotopic (exact) mass is 803 g/mol. The quantitative estimate of drug-likeness (QED) is 0.0501. The summed E-state index contributed by atoms with van der Waals surface area (Å²) in [5.74, 6) is 7.70. The highest BCUT2D eigenvalue weighted by Gasteiger charge is 2.59. The molecule has 0 bridgehead atoms. The SMILES string of the molecule is CC.CCCCC/C=C\C/C=C\CCCCCCCCCCC(CC)CCCCCCC1CCC2(C)C(=CCC3C2CCC2(C)C(C(C)CCCC(C)C)CCC32)C1. The maximum absolute atomic E-state index is 2.85. The molecule has 0 aromatic heterocycles. The van der Waals surface area contributed by atoms with E-state index in [1.807, 2.05) is 19.4 Å². The van der Waals surface area contributed by atoms with Gasteiger partial charge in [-0.2, -0.15) is 0 Å². The second kappa shape index (κ2) is 29.5. The Morgan fingerprint density at radius 2 is 1.24 bits per heavy atom. The lowest BCUT2D eigenvalue weighted by molar-refractivity contribution is -0.0529. The van der Waals surface area contributed by atoms with Crippen molar-refractivity contribution in [2.75, 3.05) is 0 Å². The zero-order valence-corrected chi connectivity index (χ0v) is 41.3. The van der Waals surface area contributed by atoms with Crippen LogP contribution in [0.5, 0.6) is 0 Å². The van der Waals surface area contributed by atoms with Crippen LogP contribution in [0.3, 0.4) is 0 Å². The lowest BCUT2D eigenvalue weighted by Crippen LogP contribution is -2.50. The van der Waals surface area contributed by atoms with Crippen molar-refractivity contribution in [3.63, 3.8) is 0 Å². The molecule has 4 aliphatic carbocycles. The van der Waals surface area contributed by atoms with Crippen LogP contribution in [0.1, 0.15) is 274 Å². The summed E-state index contributed by atoms with van der Waals surface area (Å²) in [6.07, 6.45) is 59.9. The number of rotatable bonds is 30. The molecule has 0 amide bonds. The van der Waals surface area contributed by atoms with Gasteiger partial charge >= 0.3 is 0 Å². The Labute approximate surface area is 366 Å². The summed E-state index contributed by atoms with van der Waals surface area (Å²) in [4.78, 5) is 0. The van der Waals surface area contributed by atoms with Gasteiger partial charge in [-0.05, 0) is 142 Å². The first-order valence-corrected chi connectivity index (χ1v) is 27.2. The minimum atomic E-state index is 0.527. The van der Waals surface area contributed by atoms with E-state index in [4.69, 9.17) is 0 Å². The molecular formula is C58H106. The Morgan fingerprint density at radius 3 is 1.88 bits per heavy atom. The molecule has 0 N–H and O–H groups in total. The van der Waals surface area contributed by atoms with Gasteiger partial charge in [0.05, 0.1) is 0 Å². The molecular weight excluding hydrogens is 697 g/mol. The van der Waals surface area contributed by atoms with E-state index in [1.54, 1.807) is 0 Å². The van der Waals surface area contributed by atoms with E-state index in [9.17, 15) is 0 Å². The van der Waals surface area contributed by atoms with Crippen molar-refractivity contribution in [3.05, 3.63) is 36.0 Å². The molecule has 4 rings (SSSR count). The third-order valence-electron chi connectivity index (χ3n) is 17.3. The Morgan fingerprint density at radius 1 is 0.621 bits per heavy atom. The fourth-order valence-electron chi connectivity index (χ4n) is 13.6. The van der Waals surface area contributed by atoms with Crippen molar-refractivity contribution in [1.29, 1.82) is 0 Å². The molecule has 338 valence electrons. The van der Waals surface area contributed by atoms with Crippen molar-refractivity contribution < 1.29 is 0 Å². The lowest BCUT2D eigenvalue weighted by Gasteiger charge is -2.58. The van der Waals surface area contributed by atoms with Gasteiger partial charge in [0, 0.05) is 0 Å². The first kappa shape index (κ1) is 51.6. The van der Waals surface area contributed by atoms with Gasteiger partial charge in [0.25, 0.3) is 0 Å². The van der Waals surface area contributed by atoms with Crippen LogP contribution < -0.4 is 0 Å². The molecule has 0 aliphatic heterocycles. The van der Waals surface area contributed by atoms with Crippen LogP contribution in [0, 0.1) is 58.2 Å². The van der Waals surface area contributed by atoms with Gasteiger partial charge in [0.2, 0.25) is 0 Å².